The molecule has 30 heavy (non-hydrogen) atoms. The van der Waals surface area contributed by atoms with Crippen LogP contribution < -0.4 is 20.6 Å². The molecule has 0 fully saturated rings. The summed E-state index contributed by atoms with van der Waals surface area (Å²) >= 11 is 0. The van der Waals surface area contributed by atoms with Crippen molar-refractivity contribution < 1.29 is 13.9 Å². The predicted molar refractivity (Wildman–Crippen MR) is 117 cm³/mol. The molecule has 1 aromatic heterocycles. The highest BCUT2D eigenvalue weighted by atomic mass is 16.5. The van der Waals surface area contributed by atoms with Crippen molar-refractivity contribution in [3.8, 4) is 5.75 Å². The number of hydrogen-bond donors (Lipinski definition) is 1. The van der Waals surface area contributed by atoms with E-state index in [2.05, 4.69) is 30.1 Å². The highest BCUT2D eigenvalue weighted by molar-refractivity contribution is 5.84. The van der Waals surface area contributed by atoms with Crippen LogP contribution in [0.1, 0.15) is 36.5 Å². The van der Waals surface area contributed by atoms with Crippen molar-refractivity contribution in [1.82, 2.24) is 5.32 Å². The predicted octanol–water partition coefficient (Wildman–Crippen LogP) is 3.74. The normalized spacial score (nSPS) is 15.8. The van der Waals surface area contributed by atoms with Gasteiger partial charge in [0, 0.05) is 25.0 Å². The van der Waals surface area contributed by atoms with Crippen LogP contribution in [0.3, 0.4) is 0 Å². The molecule has 2 aromatic carbocycles. The molecule has 156 valence electrons. The van der Waals surface area contributed by atoms with E-state index in [0.717, 1.165) is 22.2 Å². The summed E-state index contributed by atoms with van der Waals surface area (Å²) in [4.78, 5) is 26.6. The monoisotopic (exact) mass is 406 g/mol. The maximum Gasteiger partial charge on any atom is 0.336 e. The first-order chi connectivity index (χ1) is 14.4. The summed E-state index contributed by atoms with van der Waals surface area (Å²) < 4.78 is 11.4. The fourth-order valence-corrected chi connectivity index (χ4v) is 4.10. The standard InChI is InChI=1S/C24H26N2O4/c1-14(2)17-11-18-16(10-23(27)30-21(18)9-15(17)3)12-26-13-22(24(28)25-4)29-20-8-6-5-7-19(20)26/h5-11,14,22H,12-13H2,1-4H3,(H,25,28)/t22-/m0/s1. The van der Waals surface area contributed by atoms with Crippen LogP contribution in [0, 0.1) is 6.92 Å². The molecule has 1 N–H and O–H groups in total. The number of nitrogens with zero attached hydrogens (tertiary/aromatic N) is 1. The van der Waals surface area contributed by atoms with Gasteiger partial charge in [-0.15, -0.1) is 0 Å². The van der Waals surface area contributed by atoms with Gasteiger partial charge < -0.3 is 19.4 Å². The van der Waals surface area contributed by atoms with Gasteiger partial charge in [-0.25, -0.2) is 4.79 Å². The lowest BCUT2D eigenvalue weighted by Gasteiger charge is -2.35. The van der Waals surface area contributed by atoms with Crippen molar-refractivity contribution in [2.75, 3.05) is 18.5 Å². The molecular weight excluding hydrogens is 380 g/mol. The molecule has 1 atom stereocenters. The molecule has 0 aliphatic carbocycles. The first-order valence-electron chi connectivity index (χ1n) is 10.2. The molecule has 4 rings (SSSR count). The smallest absolute Gasteiger partial charge is 0.336 e. The maximum absolute atomic E-state index is 12.3. The summed E-state index contributed by atoms with van der Waals surface area (Å²) in [5.41, 5.74) is 4.31. The molecule has 0 radical (unpaired) electrons. The zero-order valence-electron chi connectivity index (χ0n) is 17.7. The van der Waals surface area contributed by atoms with E-state index in [1.807, 2.05) is 37.3 Å². The Morgan fingerprint density at radius 1 is 1.23 bits per heavy atom. The van der Waals surface area contributed by atoms with Crippen molar-refractivity contribution in [3.63, 3.8) is 0 Å². The Balaban J connectivity index is 1.80. The summed E-state index contributed by atoms with van der Waals surface area (Å²) in [6, 6.07) is 13.3. The number of anilines is 1. The largest absolute Gasteiger partial charge is 0.477 e. The highest BCUT2D eigenvalue weighted by Gasteiger charge is 2.30. The van der Waals surface area contributed by atoms with E-state index in [1.54, 1.807) is 13.1 Å². The Labute approximate surface area is 175 Å². The van der Waals surface area contributed by atoms with Crippen LogP contribution in [0.4, 0.5) is 5.69 Å². The number of para-hydroxylation sites is 2. The van der Waals surface area contributed by atoms with Gasteiger partial charge in [0.15, 0.2) is 6.10 Å². The minimum atomic E-state index is -0.621. The first-order valence-corrected chi connectivity index (χ1v) is 10.2. The molecule has 6 heteroatoms. The number of carbonyl (C=O) groups is 1. The summed E-state index contributed by atoms with van der Waals surface area (Å²) in [6.07, 6.45) is -0.621. The number of fused-ring (bicyclic) bond motifs is 2. The topological polar surface area (TPSA) is 71.8 Å². The van der Waals surface area contributed by atoms with Crippen LogP contribution in [0.25, 0.3) is 11.0 Å². The van der Waals surface area contributed by atoms with Gasteiger partial charge in [-0.3, -0.25) is 4.79 Å². The number of aryl methyl sites for hydroxylation is 1. The molecule has 3 aromatic rings. The Hall–Kier alpha value is -3.28. The molecule has 2 heterocycles. The van der Waals surface area contributed by atoms with E-state index < -0.39 is 6.10 Å². The Morgan fingerprint density at radius 3 is 2.73 bits per heavy atom. The van der Waals surface area contributed by atoms with Gasteiger partial charge in [0.25, 0.3) is 5.91 Å². The number of rotatable bonds is 4. The third-order valence-electron chi connectivity index (χ3n) is 5.60. The zero-order chi connectivity index (χ0) is 21.4. The van der Waals surface area contributed by atoms with Crippen LogP contribution in [0.5, 0.6) is 5.75 Å². The van der Waals surface area contributed by atoms with Crippen LogP contribution in [-0.4, -0.2) is 25.6 Å². The third kappa shape index (κ3) is 3.65. The lowest BCUT2D eigenvalue weighted by molar-refractivity contribution is -0.127. The Morgan fingerprint density at radius 2 is 2.00 bits per heavy atom. The van der Waals surface area contributed by atoms with Crippen molar-refractivity contribution in [1.29, 1.82) is 0 Å². The molecule has 1 amide bonds. The molecule has 1 aliphatic rings. The molecule has 0 unspecified atom stereocenters. The molecular formula is C24H26N2O4. The third-order valence-corrected chi connectivity index (χ3v) is 5.60. The number of ether oxygens (including phenoxy) is 1. The number of hydrogen-bond acceptors (Lipinski definition) is 5. The van der Waals surface area contributed by atoms with Gasteiger partial charge in [-0.1, -0.05) is 26.0 Å². The molecule has 0 spiro atoms. The van der Waals surface area contributed by atoms with Crippen LogP contribution in [0.2, 0.25) is 0 Å². The summed E-state index contributed by atoms with van der Waals surface area (Å²) in [5.74, 6) is 0.837. The highest BCUT2D eigenvalue weighted by Crippen LogP contribution is 2.35. The van der Waals surface area contributed by atoms with Gasteiger partial charge in [0.1, 0.15) is 11.3 Å². The number of amides is 1. The van der Waals surface area contributed by atoms with Crippen LogP contribution >= 0.6 is 0 Å². The average Bonchev–Trinajstić information content (AvgIpc) is 2.72. The van der Waals surface area contributed by atoms with Gasteiger partial charge >= 0.3 is 5.63 Å². The molecule has 0 bridgehead atoms. The summed E-state index contributed by atoms with van der Waals surface area (Å²) in [7, 11) is 1.60. The van der Waals surface area contributed by atoms with E-state index in [0.29, 0.717) is 30.3 Å². The maximum atomic E-state index is 12.3. The minimum Gasteiger partial charge on any atom is -0.477 e. The molecule has 0 saturated heterocycles. The second-order valence-electron chi connectivity index (χ2n) is 8.02. The van der Waals surface area contributed by atoms with E-state index in [9.17, 15) is 9.59 Å². The van der Waals surface area contributed by atoms with E-state index in [4.69, 9.17) is 9.15 Å². The fourth-order valence-electron chi connectivity index (χ4n) is 4.10. The first kappa shape index (κ1) is 20.0. The van der Waals surface area contributed by atoms with E-state index in [1.165, 1.54) is 5.56 Å². The molecule has 0 saturated carbocycles. The van der Waals surface area contributed by atoms with Gasteiger partial charge in [0.2, 0.25) is 0 Å². The number of carbonyl (C=O) groups excluding carboxylic acids is 1. The van der Waals surface area contributed by atoms with Crippen molar-refractivity contribution in [2.45, 2.75) is 39.3 Å². The fraction of sp³-hybridized carbons (Fsp3) is 0.333. The van der Waals surface area contributed by atoms with Crippen LogP contribution in [0.15, 0.2) is 51.7 Å². The molecule has 6 nitrogen and oxygen atoms in total. The lowest BCUT2D eigenvalue weighted by Crippen LogP contribution is -2.48. The van der Waals surface area contributed by atoms with E-state index in [-0.39, 0.29) is 11.5 Å². The molecule has 1 aliphatic heterocycles. The van der Waals surface area contributed by atoms with E-state index >= 15 is 0 Å². The zero-order valence-corrected chi connectivity index (χ0v) is 17.7. The SMILES string of the molecule is CNC(=O)[C@@H]1CN(Cc2cc(=O)oc3cc(C)c(C(C)C)cc23)c2ccccc2O1. The Bertz CT molecular complexity index is 1170. The van der Waals surface area contributed by atoms with Crippen molar-refractivity contribution >= 4 is 22.6 Å². The van der Waals surface area contributed by atoms with Crippen molar-refractivity contribution in [3.05, 3.63) is 69.6 Å². The second kappa shape index (κ2) is 7.86. The summed E-state index contributed by atoms with van der Waals surface area (Å²) in [6.45, 7) is 7.20. The van der Waals surface area contributed by atoms with Crippen molar-refractivity contribution in [2.24, 2.45) is 0 Å². The average molecular weight is 406 g/mol. The quantitative estimate of drug-likeness (QED) is 0.669. The van der Waals surface area contributed by atoms with Gasteiger partial charge in [-0.2, -0.15) is 0 Å². The number of benzene rings is 2. The van der Waals surface area contributed by atoms with Gasteiger partial charge in [-0.05, 0) is 53.8 Å². The van der Waals surface area contributed by atoms with Crippen LogP contribution in [-0.2, 0) is 11.3 Å². The summed E-state index contributed by atoms with van der Waals surface area (Å²) in [5, 5.41) is 3.58. The second-order valence-corrected chi connectivity index (χ2v) is 8.02. The lowest BCUT2D eigenvalue weighted by atomic mass is 9.94. The number of nitrogens with one attached hydrogen (secondary N) is 1. The minimum absolute atomic E-state index is 0.176. The Kier molecular flexibility index (Phi) is 5.24. The van der Waals surface area contributed by atoms with Gasteiger partial charge in [0.05, 0.1) is 12.2 Å². The number of likely N-dealkylation sites (N-methyl/N-ethyl adjacent to an activating group) is 1.